The fourth-order valence-corrected chi connectivity index (χ4v) is 4.88. The zero-order chi connectivity index (χ0) is 25.0. The molecule has 1 amide bonds. The van der Waals surface area contributed by atoms with Gasteiger partial charge in [-0.15, -0.1) is 0 Å². The van der Waals surface area contributed by atoms with Crippen molar-refractivity contribution in [2.75, 3.05) is 11.9 Å². The molecular weight excluding hydrogens is 454 g/mol. The van der Waals surface area contributed by atoms with Gasteiger partial charge in [-0.1, -0.05) is 0 Å². The fraction of sp³-hybridized carbons (Fsp3) is 0.393. The number of hydrogen-bond donors (Lipinski definition) is 2. The minimum Gasteiger partial charge on any atom is -0.488 e. The Hall–Kier alpha value is -3.65. The van der Waals surface area contributed by atoms with Gasteiger partial charge in [0.15, 0.2) is 6.23 Å². The van der Waals surface area contributed by atoms with Crippen LogP contribution in [0.25, 0.3) is 16.6 Å². The molecule has 3 aliphatic rings. The van der Waals surface area contributed by atoms with Gasteiger partial charge in [0.05, 0.1) is 30.0 Å². The van der Waals surface area contributed by atoms with Gasteiger partial charge in [0.2, 0.25) is 0 Å². The Bertz CT molecular complexity index is 1390. The van der Waals surface area contributed by atoms with Crippen molar-refractivity contribution in [2.24, 2.45) is 4.99 Å². The zero-order valence-electron chi connectivity index (χ0n) is 21.0. The van der Waals surface area contributed by atoms with Crippen LogP contribution in [0, 0.1) is 0 Å². The third-order valence-corrected chi connectivity index (χ3v) is 6.59. The lowest BCUT2D eigenvalue weighted by Crippen LogP contribution is -2.27. The minimum absolute atomic E-state index is 0.115. The Labute approximate surface area is 210 Å². The van der Waals surface area contributed by atoms with Gasteiger partial charge in [0.1, 0.15) is 17.2 Å². The molecular formula is C28H31N5O3. The number of aromatic nitrogens is 2. The van der Waals surface area contributed by atoms with Gasteiger partial charge in [-0.25, -0.2) is 9.98 Å². The standard InChI is InChI=1S/C28H31N5O3/c1-16-14-35-27-22(13-29-15-30-27)21-11-18(12-23-24(21)33(16)25(32-23)17-5-6-17)26(34)31-19-7-9-20(10-8-19)36-28(2,3)4/h7-13,15-17,27H,5-6,14H2,1-4H3,(H,29,30)(H,31,34)/t16-,27?/m1/s1. The van der Waals surface area contributed by atoms with E-state index in [1.165, 1.54) is 0 Å². The Morgan fingerprint density at radius 1 is 1.19 bits per heavy atom. The molecule has 2 atom stereocenters. The molecule has 1 saturated carbocycles. The summed E-state index contributed by atoms with van der Waals surface area (Å²) < 4.78 is 14.4. The highest BCUT2D eigenvalue weighted by Gasteiger charge is 2.35. The van der Waals surface area contributed by atoms with Crippen LogP contribution >= 0.6 is 0 Å². The number of aliphatic imine (C=N–C) groups is 1. The normalized spacial score (nSPS) is 21.2. The van der Waals surface area contributed by atoms with Crippen molar-refractivity contribution in [3.63, 3.8) is 0 Å². The molecule has 6 rings (SSSR count). The lowest BCUT2D eigenvalue weighted by molar-refractivity contribution is 0.0727. The fourth-order valence-electron chi connectivity index (χ4n) is 4.88. The van der Waals surface area contributed by atoms with Crippen molar-refractivity contribution in [3.8, 4) is 5.75 Å². The first kappa shape index (κ1) is 22.8. The summed E-state index contributed by atoms with van der Waals surface area (Å²) in [5, 5.41) is 6.12. The van der Waals surface area contributed by atoms with E-state index in [1.807, 2.05) is 63.4 Å². The zero-order valence-corrected chi connectivity index (χ0v) is 21.0. The number of nitrogens with zero attached hydrogens (tertiary/aromatic N) is 3. The van der Waals surface area contributed by atoms with E-state index < -0.39 is 6.23 Å². The average molecular weight is 486 g/mol. The van der Waals surface area contributed by atoms with E-state index in [0.717, 1.165) is 46.6 Å². The number of hydrogen-bond acceptors (Lipinski definition) is 6. The van der Waals surface area contributed by atoms with Crippen LogP contribution in [0.4, 0.5) is 5.69 Å². The summed E-state index contributed by atoms with van der Waals surface area (Å²) in [6.07, 6.45) is 5.43. The molecule has 0 bridgehead atoms. The van der Waals surface area contributed by atoms with Gasteiger partial charge in [0.25, 0.3) is 5.91 Å². The van der Waals surface area contributed by atoms with Crippen molar-refractivity contribution in [1.82, 2.24) is 14.9 Å². The van der Waals surface area contributed by atoms with Gasteiger partial charge in [-0.05, 0) is 76.9 Å². The van der Waals surface area contributed by atoms with Crippen LogP contribution in [0.2, 0.25) is 0 Å². The smallest absolute Gasteiger partial charge is 0.255 e. The molecule has 3 heterocycles. The minimum atomic E-state index is -0.418. The summed E-state index contributed by atoms with van der Waals surface area (Å²) in [7, 11) is 0. The van der Waals surface area contributed by atoms with Gasteiger partial charge in [0, 0.05) is 34.5 Å². The molecule has 2 N–H and O–H groups in total. The maximum Gasteiger partial charge on any atom is 0.255 e. The van der Waals surface area contributed by atoms with Gasteiger partial charge >= 0.3 is 0 Å². The van der Waals surface area contributed by atoms with Gasteiger partial charge in [-0.3, -0.25) is 4.79 Å². The molecule has 36 heavy (non-hydrogen) atoms. The summed E-state index contributed by atoms with van der Waals surface area (Å²) in [6, 6.07) is 11.4. The number of imidazole rings is 1. The van der Waals surface area contributed by atoms with Crippen LogP contribution in [0.5, 0.6) is 5.75 Å². The third-order valence-electron chi connectivity index (χ3n) is 6.59. The number of carbonyl (C=O) groups is 1. The third kappa shape index (κ3) is 4.26. The molecule has 3 aromatic rings. The monoisotopic (exact) mass is 485 g/mol. The second-order valence-electron chi connectivity index (χ2n) is 10.8. The predicted molar refractivity (Wildman–Crippen MR) is 141 cm³/mol. The van der Waals surface area contributed by atoms with Crippen molar-refractivity contribution in [2.45, 2.75) is 64.3 Å². The number of nitrogens with one attached hydrogen (secondary N) is 2. The summed E-state index contributed by atoms with van der Waals surface area (Å²) >= 11 is 0. The van der Waals surface area contributed by atoms with Crippen LogP contribution in [0.1, 0.15) is 74.2 Å². The van der Waals surface area contributed by atoms with E-state index in [4.69, 9.17) is 14.5 Å². The Balaban J connectivity index is 1.39. The van der Waals surface area contributed by atoms with Crippen LogP contribution in [-0.4, -0.2) is 40.2 Å². The number of carbonyl (C=O) groups excluding carboxylic acids is 1. The van der Waals surface area contributed by atoms with Gasteiger partial charge < -0.3 is 24.7 Å². The van der Waals surface area contributed by atoms with E-state index in [9.17, 15) is 4.79 Å². The number of amides is 1. The van der Waals surface area contributed by atoms with Crippen LogP contribution < -0.4 is 15.4 Å². The van der Waals surface area contributed by atoms with E-state index in [2.05, 4.69) is 27.1 Å². The first-order valence-corrected chi connectivity index (χ1v) is 12.5. The lowest BCUT2D eigenvalue weighted by Gasteiger charge is -2.28. The summed E-state index contributed by atoms with van der Waals surface area (Å²) in [4.78, 5) is 22.9. The average Bonchev–Trinajstić information content (AvgIpc) is 3.61. The second kappa shape index (κ2) is 8.48. The molecule has 1 aromatic heterocycles. The number of rotatable bonds is 4. The van der Waals surface area contributed by atoms with Crippen molar-refractivity contribution in [3.05, 3.63) is 59.5 Å². The molecule has 8 heteroatoms. The number of ether oxygens (including phenoxy) is 2. The maximum atomic E-state index is 13.4. The summed E-state index contributed by atoms with van der Waals surface area (Å²) in [6.45, 7) is 8.71. The summed E-state index contributed by atoms with van der Waals surface area (Å²) in [5.41, 5.74) is 4.66. The molecule has 2 aromatic carbocycles. The SMILES string of the molecule is C[C@@H]1COC2N=CNC=C2c2cc(C(=O)Nc3ccc(OC(C)(C)C)cc3)cc3nc(C4CC4)n1c23. The Morgan fingerprint density at radius 2 is 1.97 bits per heavy atom. The second-order valence-corrected chi connectivity index (χ2v) is 10.8. The highest BCUT2D eigenvalue weighted by molar-refractivity contribution is 6.08. The highest BCUT2D eigenvalue weighted by Crippen LogP contribution is 2.44. The topological polar surface area (TPSA) is 89.8 Å². The molecule has 0 saturated heterocycles. The van der Waals surface area contributed by atoms with Crippen LogP contribution in [0.15, 0.2) is 47.6 Å². The Kier molecular flexibility index (Phi) is 5.37. The predicted octanol–water partition coefficient (Wildman–Crippen LogP) is 5.23. The van der Waals surface area contributed by atoms with Gasteiger partial charge in [-0.2, -0.15) is 0 Å². The van der Waals surface area contributed by atoms with Crippen LogP contribution in [-0.2, 0) is 4.74 Å². The highest BCUT2D eigenvalue weighted by atomic mass is 16.5. The van der Waals surface area contributed by atoms with E-state index >= 15 is 0 Å². The number of fused-ring (bicyclic) bond motifs is 2. The van der Waals surface area contributed by atoms with Crippen molar-refractivity contribution >= 4 is 34.5 Å². The van der Waals surface area contributed by atoms with Crippen molar-refractivity contribution < 1.29 is 14.3 Å². The molecule has 2 aliphatic heterocycles. The number of benzene rings is 2. The van der Waals surface area contributed by atoms with Crippen LogP contribution in [0.3, 0.4) is 0 Å². The molecule has 8 nitrogen and oxygen atoms in total. The summed E-state index contributed by atoms with van der Waals surface area (Å²) in [5.74, 6) is 2.11. The maximum absolute atomic E-state index is 13.4. The van der Waals surface area contributed by atoms with E-state index in [1.54, 1.807) is 6.34 Å². The van der Waals surface area contributed by atoms with E-state index in [0.29, 0.717) is 23.8 Å². The van der Waals surface area contributed by atoms with Crippen molar-refractivity contribution in [1.29, 1.82) is 0 Å². The largest absolute Gasteiger partial charge is 0.488 e. The molecule has 1 aliphatic carbocycles. The Morgan fingerprint density at radius 3 is 2.69 bits per heavy atom. The molecule has 186 valence electrons. The lowest BCUT2D eigenvalue weighted by atomic mass is 9.98. The first-order valence-electron chi connectivity index (χ1n) is 12.5. The molecule has 1 unspecified atom stereocenters. The number of anilines is 1. The van der Waals surface area contributed by atoms with E-state index in [-0.39, 0.29) is 17.6 Å². The molecule has 0 radical (unpaired) electrons. The molecule has 1 fully saturated rings. The quantitative estimate of drug-likeness (QED) is 0.528. The first-order chi connectivity index (χ1) is 17.3. The molecule has 0 spiro atoms.